The van der Waals surface area contributed by atoms with Crippen LogP contribution in [0.4, 0.5) is 0 Å². The average molecular weight is 266 g/mol. The highest BCUT2D eigenvalue weighted by Crippen LogP contribution is 2.42. The van der Waals surface area contributed by atoms with Crippen LogP contribution in [0.15, 0.2) is 0 Å². The third kappa shape index (κ3) is 3.52. The molecule has 1 saturated heterocycles. The Balaban J connectivity index is 2.02. The minimum Gasteiger partial charge on any atom is -0.330 e. The molecule has 0 aromatic carbocycles. The van der Waals surface area contributed by atoms with Gasteiger partial charge in [-0.3, -0.25) is 4.90 Å². The minimum atomic E-state index is 0.460. The highest BCUT2D eigenvalue weighted by Gasteiger charge is 2.39. The highest BCUT2D eigenvalue weighted by atomic mass is 15.2. The molecule has 112 valence electrons. The molecule has 2 fully saturated rings. The van der Waals surface area contributed by atoms with Gasteiger partial charge in [0.15, 0.2) is 0 Å². The zero-order valence-corrected chi connectivity index (χ0v) is 13.5. The fourth-order valence-corrected chi connectivity index (χ4v) is 4.22. The predicted octanol–water partition coefficient (Wildman–Crippen LogP) is 3.51. The van der Waals surface area contributed by atoms with E-state index in [1.807, 2.05) is 0 Å². The largest absolute Gasteiger partial charge is 0.330 e. The summed E-state index contributed by atoms with van der Waals surface area (Å²) in [5, 5.41) is 0. The predicted molar refractivity (Wildman–Crippen MR) is 83.1 cm³/mol. The maximum Gasteiger partial charge on any atom is 0.0138 e. The van der Waals surface area contributed by atoms with Gasteiger partial charge in [0, 0.05) is 12.6 Å². The number of nitrogens with zero attached hydrogens (tertiary/aromatic N) is 1. The lowest BCUT2D eigenvalue weighted by Gasteiger charge is -2.45. The van der Waals surface area contributed by atoms with Gasteiger partial charge in [-0.25, -0.2) is 0 Å². The van der Waals surface area contributed by atoms with E-state index < -0.39 is 0 Å². The Hall–Kier alpha value is -0.0800. The van der Waals surface area contributed by atoms with Gasteiger partial charge in [-0.15, -0.1) is 0 Å². The molecule has 0 aromatic heterocycles. The van der Waals surface area contributed by atoms with Crippen LogP contribution in [0, 0.1) is 23.2 Å². The molecule has 1 heterocycles. The molecule has 1 saturated carbocycles. The zero-order valence-electron chi connectivity index (χ0n) is 13.5. The van der Waals surface area contributed by atoms with Gasteiger partial charge in [0.1, 0.15) is 0 Å². The average Bonchev–Trinajstić information content (AvgIpc) is 2.85. The second-order valence-corrected chi connectivity index (χ2v) is 8.00. The Labute approximate surface area is 120 Å². The Kier molecular flexibility index (Phi) is 4.94. The van der Waals surface area contributed by atoms with E-state index in [0.717, 1.165) is 30.3 Å². The number of nitrogens with two attached hydrogens (primary N) is 1. The van der Waals surface area contributed by atoms with Gasteiger partial charge in [0.25, 0.3) is 0 Å². The molecule has 0 radical (unpaired) electrons. The Morgan fingerprint density at radius 1 is 1.16 bits per heavy atom. The van der Waals surface area contributed by atoms with E-state index in [1.54, 1.807) is 0 Å². The molecule has 2 nitrogen and oxygen atoms in total. The summed E-state index contributed by atoms with van der Waals surface area (Å²) < 4.78 is 0. The van der Waals surface area contributed by atoms with Crippen LogP contribution in [0.1, 0.15) is 59.8 Å². The van der Waals surface area contributed by atoms with Crippen LogP contribution in [-0.2, 0) is 0 Å². The van der Waals surface area contributed by atoms with Gasteiger partial charge in [-0.1, -0.05) is 34.1 Å². The summed E-state index contributed by atoms with van der Waals surface area (Å²) in [5.41, 5.74) is 6.52. The molecule has 0 aromatic rings. The Bertz CT molecular complexity index is 281. The van der Waals surface area contributed by atoms with E-state index >= 15 is 0 Å². The minimum absolute atomic E-state index is 0.460. The van der Waals surface area contributed by atoms with Crippen molar-refractivity contribution >= 4 is 0 Å². The van der Waals surface area contributed by atoms with Crippen LogP contribution in [0.25, 0.3) is 0 Å². The van der Waals surface area contributed by atoms with Crippen molar-refractivity contribution in [3.63, 3.8) is 0 Å². The third-order valence-electron chi connectivity index (χ3n) is 5.85. The van der Waals surface area contributed by atoms with E-state index in [2.05, 4.69) is 32.6 Å². The third-order valence-corrected chi connectivity index (χ3v) is 5.85. The Morgan fingerprint density at radius 2 is 1.89 bits per heavy atom. The van der Waals surface area contributed by atoms with Gasteiger partial charge in [-0.05, 0) is 61.9 Å². The summed E-state index contributed by atoms with van der Waals surface area (Å²) >= 11 is 0. The zero-order chi connectivity index (χ0) is 14.0. The van der Waals surface area contributed by atoms with Crippen molar-refractivity contribution in [3.05, 3.63) is 0 Å². The van der Waals surface area contributed by atoms with Gasteiger partial charge in [0.05, 0.1) is 0 Å². The van der Waals surface area contributed by atoms with E-state index in [0.29, 0.717) is 5.41 Å². The lowest BCUT2D eigenvalue weighted by atomic mass is 9.67. The van der Waals surface area contributed by atoms with Crippen LogP contribution in [-0.4, -0.2) is 30.6 Å². The van der Waals surface area contributed by atoms with E-state index in [-0.39, 0.29) is 0 Å². The number of likely N-dealkylation sites (tertiary alicyclic amines) is 1. The summed E-state index contributed by atoms with van der Waals surface area (Å²) in [6, 6.07) is 0.763. The second kappa shape index (κ2) is 6.13. The molecule has 0 bridgehead atoms. The van der Waals surface area contributed by atoms with Crippen molar-refractivity contribution in [3.8, 4) is 0 Å². The highest BCUT2D eigenvalue weighted by molar-refractivity contribution is 4.93. The van der Waals surface area contributed by atoms with Gasteiger partial charge >= 0.3 is 0 Å². The normalized spacial score (nSPS) is 37.7. The summed E-state index contributed by atoms with van der Waals surface area (Å²) in [7, 11) is 0. The molecular formula is C17H34N2. The van der Waals surface area contributed by atoms with Gasteiger partial charge < -0.3 is 5.73 Å². The second-order valence-electron chi connectivity index (χ2n) is 8.00. The van der Waals surface area contributed by atoms with Crippen molar-refractivity contribution in [2.24, 2.45) is 28.9 Å². The smallest absolute Gasteiger partial charge is 0.0138 e. The van der Waals surface area contributed by atoms with E-state index in [9.17, 15) is 0 Å². The van der Waals surface area contributed by atoms with Crippen LogP contribution in [0.5, 0.6) is 0 Å². The molecule has 2 aliphatic rings. The summed E-state index contributed by atoms with van der Waals surface area (Å²) in [6.45, 7) is 13.1. The lowest BCUT2D eigenvalue weighted by molar-refractivity contribution is 0.0561. The van der Waals surface area contributed by atoms with Crippen molar-refractivity contribution in [1.82, 2.24) is 4.90 Å². The first kappa shape index (κ1) is 15.3. The lowest BCUT2D eigenvalue weighted by Crippen LogP contribution is -2.47. The molecule has 4 atom stereocenters. The first-order valence-corrected chi connectivity index (χ1v) is 8.39. The molecule has 1 aliphatic heterocycles. The first-order valence-electron chi connectivity index (χ1n) is 8.39. The maximum atomic E-state index is 6.06. The van der Waals surface area contributed by atoms with Gasteiger partial charge in [-0.2, -0.15) is 0 Å². The summed E-state index contributed by atoms with van der Waals surface area (Å²) in [6.07, 6.45) is 6.86. The quantitative estimate of drug-likeness (QED) is 0.847. The standard InChI is InChI=1S/C17H34N2/c1-5-13-8-9-19(12-13)16-10-15(17(2,3)4)7-6-14(16)11-18/h13-16H,5-12,18H2,1-4H3. The van der Waals surface area contributed by atoms with E-state index in [1.165, 1.54) is 45.2 Å². The van der Waals surface area contributed by atoms with Crippen LogP contribution in [0.2, 0.25) is 0 Å². The molecule has 2 N–H and O–H groups in total. The van der Waals surface area contributed by atoms with Crippen LogP contribution in [0.3, 0.4) is 0 Å². The topological polar surface area (TPSA) is 29.3 Å². The molecule has 1 aliphatic carbocycles. The molecule has 0 amide bonds. The van der Waals surface area contributed by atoms with Crippen LogP contribution >= 0.6 is 0 Å². The SMILES string of the molecule is CCC1CCN(C2CC(C(C)(C)C)CCC2CN)C1. The van der Waals surface area contributed by atoms with Crippen molar-refractivity contribution in [1.29, 1.82) is 0 Å². The number of rotatable bonds is 3. The van der Waals surface area contributed by atoms with Crippen molar-refractivity contribution in [2.75, 3.05) is 19.6 Å². The number of hydrogen-bond acceptors (Lipinski definition) is 2. The fraction of sp³-hybridized carbons (Fsp3) is 1.00. The molecule has 2 rings (SSSR count). The van der Waals surface area contributed by atoms with E-state index in [4.69, 9.17) is 5.73 Å². The summed E-state index contributed by atoms with van der Waals surface area (Å²) in [5.74, 6) is 2.56. The monoisotopic (exact) mass is 266 g/mol. The van der Waals surface area contributed by atoms with Crippen molar-refractivity contribution in [2.45, 2.75) is 65.8 Å². The summed E-state index contributed by atoms with van der Waals surface area (Å²) in [4.78, 5) is 2.78. The molecular weight excluding hydrogens is 232 g/mol. The molecule has 0 spiro atoms. The first-order chi connectivity index (χ1) is 8.95. The van der Waals surface area contributed by atoms with Crippen molar-refractivity contribution < 1.29 is 0 Å². The maximum absolute atomic E-state index is 6.06. The molecule has 2 heteroatoms. The van der Waals surface area contributed by atoms with Crippen LogP contribution < -0.4 is 5.73 Å². The molecule has 19 heavy (non-hydrogen) atoms. The number of hydrogen-bond donors (Lipinski definition) is 1. The molecule has 4 unspecified atom stereocenters. The van der Waals surface area contributed by atoms with Gasteiger partial charge in [0.2, 0.25) is 0 Å². The Morgan fingerprint density at radius 3 is 2.42 bits per heavy atom. The fourth-order valence-electron chi connectivity index (χ4n) is 4.22.